The lowest BCUT2D eigenvalue weighted by Gasteiger charge is -2.58. The molecule has 1 saturated carbocycles. The number of nitrogens with two attached hydrogens (primary N) is 1. The molecule has 0 aromatic carbocycles. The Hall–Kier alpha value is -2.04. The minimum absolute atomic E-state index is 0.401. The largest absolute Gasteiger partial charge is 0.382 e. The number of nitrogen functional groups attached to an aromatic ring is 1. The van der Waals surface area contributed by atoms with Gasteiger partial charge < -0.3 is 15.5 Å². The third-order valence-electron chi connectivity index (χ3n) is 9.20. The smallest absolute Gasteiger partial charge is 0.159 e. The molecule has 2 aliphatic carbocycles. The zero-order valence-electron chi connectivity index (χ0n) is 20.4. The molecule has 0 spiro atoms. The molecule has 31 heavy (non-hydrogen) atoms. The monoisotopic (exact) mass is 423 g/mol. The van der Waals surface area contributed by atoms with E-state index >= 15 is 0 Å². The Labute approximate surface area is 188 Å². The van der Waals surface area contributed by atoms with Gasteiger partial charge in [-0.1, -0.05) is 44.1 Å². The first-order valence-electron chi connectivity index (χ1n) is 12.1. The Balaban J connectivity index is 1.44. The fourth-order valence-electron chi connectivity index (χ4n) is 6.67. The topological polar surface area (TPSA) is 58.3 Å². The lowest BCUT2D eigenvalue weighted by Crippen LogP contribution is -2.49. The van der Waals surface area contributed by atoms with Gasteiger partial charge in [-0.2, -0.15) is 0 Å². The van der Waals surface area contributed by atoms with Crippen molar-refractivity contribution in [3.05, 3.63) is 29.6 Å². The van der Waals surface area contributed by atoms with Gasteiger partial charge in [-0.15, -0.1) is 0 Å². The van der Waals surface area contributed by atoms with Crippen molar-refractivity contribution in [1.29, 1.82) is 0 Å². The average Bonchev–Trinajstić information content (AvgIpc) is 3.07. The van der Waals surface area contributed by atoms with Gasteiger partial charge in [0, 0.05) is 13.6 Å². The molecular weight excluding hydrogens is 382 g/mol. The first-order chi connectivity index (χ1) is 14.7. The number of aromatic nitrogens is 2. The van der Waals surface area contributed by atoms with Gasteiger partial charge in [0.25, 0.3) is 0 Å². The first kappa shape index (κ1) is 22.2. The van der Waals surface area contributed by atoms with Crippen molar-refractivity contribution in [1.82, 2.24) is 9.97 Å². The number of hydrogen-bond acceptors (Lipinski definition) is 5. The van der Waals surface area contributed by atoms with Crippen molar-refractivity contribution in [3.63, 3.8) is 0 Å². The summed E-state index contributed by atoms with van der Waals surface area (Å²) in [5.41, 5.74) is 11.1. The molecule has 1 fully saturated rings. The van der Waals surface area contributed by atoms with Crippen LogP contribution in [0.3, 0.4) is 0 Å². The van der Waals surface area contributed by atoms with Crippen molar-refractivity contribution in [2.75, 3.05) is 35.8 Å². The maximum atomic E-state index is 6.16. The lowest BCUT2D eigenvalue weighted by atomic mass is 9.47. The minimum Gasteiger partial charge on any atom is -0.382 e. The highest BCUT2D eigenvalue weighted by atomic mass is 15.4. The maximum absolute atomic E-state index is 6.16. The van der Waals surface area contributed by atoms with Gasteiger partial charge in [0.2, 0.25) is 0 Å². The van der Waals surface area contributed by atoms with Crippen LogP contribution >= 0.6 is 0 Å². The van der Waals surface area contributed by atoms with Gasteiger partial charge in [-0.25, -0.2) is 9.97 Å². The molecule has 4 atom stereocenters. The highest BCUT2D eigenvalue weighted by molar-refractivity contribution is 5.81. The third-order valence-corrected chi connectivity index (χ3v) is 9.20. The van der Waals surface area contributed by atoms with Crippen LogP contribution in [0.2, 0.25) is 0 Å². The second-order valence-corrected chi connectivity index (χ2v) is 10.9. The Morgan fingerprint density at radius 3 is 2.84 bits per heavy atom. The van der Waals surface area contributed by atoms with E-state index in [0.717, 1.165) is 36.6 Å². The van der Waals surface area contributed by atoms with Gasteiger partial charge in [0.15, 0.2) is 11.6 Å². The molecule has 5 nitrogen and oxygen atoms in total. The van der Waals surface area contributed by atoms with Gasteiger partial charge in [0.1, 0.15) is 12.0 Å². The van der Waals surface area contributed by atoms with Crippen molar-refractivity contribution in [2.45, 2.75) is 73.1 Å². The highest BCUT2D eigenvalue weighted by Crippen LogP contribution is 2.61. The summed E-state index contributed by atoms with van der Waals surface area (Å²) in [6.45, 7) is 14.0. The minimum atomic E-state index is 0.401. The molecule has 0 amide bonds. The van der Waals surface area contributed by atoms with E-state index in [1.807, 2.05) is 0 Å². The Morgan fingerprint density at radius 2 is 2.06 bits per heavy atom. The van der Waals surface area contributed by atoms with Gasteiger partial charge in [-0.3, -0.25) is 0 Å². The van der Waals surface area contributed by atoms with E-state index in [1.54, 1.807) is 11.9 Å². The van der Waals surface area contributed by atoms with Crippen LogP contribution in [0.1, 0.15) is 73.1 Å². The van der Waals surface area contributed by atoms with Crippen molar-refractivity contribution < 1.29 is 0 Å². The number of fused-ring (bicyclic) bond motifs is 2. The van der Waals surface area contributed by atoms with Crippen LogP contribution in [0.25, 0.3) is 0 Å². The molecule has 2 heterocycles. The molecule has 1 aromatic heterocycles. The van der Waals surface area contributed by atoms with Crippen LogP contribution < -0.4 is 15.5 Å². The van der Waals surface area contributed by atoms with Crippen molar-refractivity contribution in [3.8, 4) is 0 Å². The molecule has 0 saturated heterocycles. The van der Waals surface area contributed by atoms with Crippen molar-refractivity contribution in [2.24, 2.45) is 22.7 Å². The molecule has 4 rings (SSSR count). The lowest BCUT2D eigenvalue weighted by molar-refractivity contribution is -0.0466. The molecular formula is C26H41N5. The number of rotatable bonds is 5. The van der Waals surface area contributed by atoms with E-state index in [2.05, 4.69) is 73.6 Å². The third kappa shape index (κ3) is 3.74. The standard InChI is InChI=1S/C26H41N5/c1-18(12-15-31-17-30(6)24-22(31)23(27)28-16-29-24)10-13-25(4)20(3)11-14-26(5)19(2)8-7-9-21(25)26/h8,12,16,20-21H,7,9-11,13-15,17H2,1-6H3,(H2,27,28,29)/b18-12+/t20-,21-,25+,26-/m0/s1. The molecule has 3 aliphatic rings. The van der Waals surface area contributed by atoms with E-state index in [0.29, 0.717) is 16.6 Å². The number of hydrogen-bond donors (Lipinski definition) is 1. The van der Waals surface area contributed by atoms with Crippen molar-refractivity contribution >= 4 is 17.3 Å². The quantitative estimate of drug-likeness (QED) is 0.607. The highest BCUT2D eigenvalue weighted by Gasteiger charge is 2.52. The first-order valence-corrected chi connectivity index (χ1v) is 12.1. The van der Waals surface area contributed by atoms with Gasteiger partial charge >= 0.3 is 0 Å². The normalized spacial score (nSPS) is 33.2. The van der Waals surface area contributed by atoms with E-state index in [9.17, 15) is 0 Å². The zero-order valence-corrected chi connectivity index (χ0v) is 20.4. The van der Waals surface area contributed by atoms with Gasteiger partial charge in [-0.05, 0) is 75.0 Å². The molecule has 1 aromatic rings. The Kier molecular flexibility index (Phi) is 5.82. The van der Waals surface area contributed by atoms with Crippen LogP contribution in [0.4, 0.5) is 17.3 Å². The molecule has 170 valence electrons. The summed E-state index contributed by atoms with van der Waals surface area (Å²) in [6.07, 6.45) is 14.2. The molecule has 0 unspecified atom stereocenters. The van der Waals surface area contributed by atoms with Crippen LogP contribution in [0, 0.1) is 22.7 Å². The Morgan fingerprint density at radius 1 is 1.29 bits per heavy atom. The summed E-state index contributed by atoms with van der Waals surface area (Å²) >= 11 is 0. The molecule has 0 bridgehead atoms. The van der Waals surface area contributed by atoms with E-state index in [1.165, 1.54) is 44.1 Å². The summed E-state index contributed by atoms with van der Waals surface area (Å²) in [5, 5.41) is 0. The van der Waals surface area contributed by atoms with Crippen LogP contribution in [-0.2, 0) is 0 Å². The number of allylic oxidation sites excluding steroid dienone is 3. The SMILES string of the molecule is CC1=CCC[C@H]2[C@](C)(CC/C(C)=C/CN3CN(C)c4ncnc(N)c43)[C@@H](C)CC[C@@]12C. The average molecular weight is 424 g/mol. The molecule has 0 radical (unpaired) electrons. The fraction of sp³-hybridized carbons (Fsp3) is 0.692. The van der Waals surface area contributed by atoms with E-state index in [4.69, 9.17) is 5.73 Å². The van der Waals surface area contributed by atoms with Crippen LogP contribution in [0.5, 0.6) is 0 Å². The molecule has 1 aliphatic heterocycles. The second-order valence-electron chi connectivity index (χ2n) is 10.9. The summed E-state index contributed by atoms with van der Waals surface area (Å²) in [7, 11) is 2.06. The predicted molar refractivity (Wildman–Crippen MR) is 131 cm³/mol. The predicted octanol–water partition coefficient (Wildman–Crippen LogP) is 5.80. The maximum Gasteiger partial charge on any atom is 0.159 e. The summed E-state index contributed by atoms with van der Waals surface area (Å²) in [4.78, 5) is 13.0. The molecule has 5 heteroatoms. The summed E-state index contributed by atoms with van der Waals surface area (Å²) in [6, 6.07) is 0. The van der Waals surface area contributed by atoms with Gasteiger partial charge in [0.05, 0.1) is 6.67 Å². The van der Waals surface area contributed by atoms with Crippen LogP contribution in [-0.4, -0.2) is 30.2 Å². The second kappa shape index (κ2) is 8.14. The Bertz CT molecular complexity index is 890. The zero-order chi connectivity index (χ0) is 22.4. The van der Waals surface area contributed by atoms with Crippen LogP contribution in [0.15, 0.2) is 29.6 Å². The summed E-state index contributed by atoms with van der Waals surface area (Å²) < 4.78 is 0. The number of anilines is 3. The van der Waals surface area contributed by atoms with E-state index < -0.39 is 0 Å². The van der Waals surface area contributed by atoms with E-state index in [-0.39, 0.29) is 0 Å². The molecule has 2 N–H and O–H groups in total. The summed E-state index contributed by atoms with van der Waals surface area (Å²) in [5.74, 6) is 3.10. The fourth-order valence-corrected chi connectivity index (χ4v) is 6.67. The number of nitrogens with zero attached hydrogens (tertiary/aromatic N) is 4.